The summed E-state index contributed by atoms with van der Waals surface area (Å²) in [5.74, 6) is 0. The lowest BCUT2D eigenvalue weighted by Crippen LogP contribution is -2.28. The highest BCUT2D eigenvalue weighted by molar-refractivity contribution is 7.52. The van der Waals surface area contributed by atoms with Crippen molar-refractivity contribution in [1.29, 1.82) is 0 Å². The van der Waals surface area contributed by atoms with Crippen molar-refractivity contribution in [3.8, 4) is 0 Å². The van der Waals surface area contributed by atoms with Gasteiger partial charge in [0.25, 0.3) is 0 Å². The smallest absolute Gasteiger partial charge is 0.0363 e. The first kappa shape index (κ1) is 14.4. The summed E-state index contributed by atoms with van der Waals surface area (Å²) >= 11 is 0. The van der Waals surface area contributed by atoms with E-state index in [9.17, 15) is 0 Å². The molecule has 0 radical (unpaired) electrons. The normalized spacial score (nSPS) is 21.9. The van der Waals surface area contributed by atoms with Crippen molar-refractivity contribution < 1.29 is 0 Å². The van der Waals surface area contributed by atoms with E-state index in [1.165, 1.54) is 26.2 Å². The van der Waals surface area contributed by atoms with Crippen LogP contribution < -0.4 is 0 Å². The number of rotatable bonds is 2. The third-order valence-electron chi connectivity index (χ3n) is 2.75. The van der Waals surface area contributed by atoms with Crippen molar-refractivity contribution in [3.05, 3.63) is 0 Å². The summed E-state index contributed by atoms with van der Waals surface area (Å²) in [5.41, 5.74) is 0.850. The van der Waals surface area contributed by atoms with Crippen molar-refractivity contribution in [1.82, 2.24) is 9.34 Å². The second-order valence-electron chi connectivity index (χ2n) is 7.39. The SMILES string of the molecule is CP1N(CC(C)(C)C)CCN1CC(C)(C)C. The molecule has 0 aromatic carbocycles. The second-order valence-corrected chi connectivity index (χ2v) is 9.50. The molecule has 0 aromatic heterocycles. The van der Waals surface area contributed by atoms with Gasteiger partial charge in [0.2, 0.25) is 0 Å². The maximum atomic E-state index is 2.68. The van der Waals surface area contributed by atoms with Gasteiger partial charge in [-0.2, -0.15) is 0 Å². The molecule has 16 heavy (non-hydrogen) atoms. The van der Waals surface area contributed by atoms with E-state index < -0.39 is 0 Å². The number of hydrogen-bond acceptors (Lipinski definition) is 2. The molecule has 0 unspecified atom stereocenters. The molecule has 1 heterocycles. The van der Waals surface area contributed by atoms with Crippen molar-refractivity contribution >= 4 is 8.22 Å². The van der Waals surface area contributed by atoms with Gasteiger partial charge in [-0.05, 0) is 17.5 Å². The summed E-state index contributed by atoms with van der Waals surface area (Å²) in [4.78, 5) is 0. The van der Waals surface area contributed by atoms with Crippen LogP contribution in [-0.2, 0) is 0 Å². The van der Waals surface area contributed by atoms with Gasteiger partial charge in [-0.3, -0.25) is 9.34 Å². The minimum absolute atomic E-state index is 0.0539. The molecule has 1 aliphatic rings. The Hall–Kier alpha value is 0.350. The molecule has 96 valence electrons. The largest absolute Gasteiger partial charge is 0.268 e. The summed E-state index contributed by atoms with van der Waals surface area (Å²) in [6.07, 6.45) is 0. The minimum Gasteiger partial charge on any atom is -0.268 e. The molecule has 0 bridgehead atoms. The van der Waals surface area contributed by atoms with E-state index in [0.29, 0.717) is 10.8 Å². The van der Waals surface area contributed by atoms with Crippen LogP contribution in [0.2, 0.25) is 0 Å². The lowest BCUT2D eigenvalue weighted by molar-refractivity contribution is 0.298. The fraction of sp³-hybridized carbons (Fsp3) is 1.00. The van der Waals surface area contributed by atoms with E-state index in [4.69, 9.17) is 0 Å². The van der Waals surface area contributed by atoms with E-state index in [-0.39, 0.29) is 8.22 Å². The van der Waals surface area contributed by atoms with Crippen LogP contribution in [0.15, 0.2) is 0 Å². The Balaban J connectivity index is 2.51. The van der Waals surface area contributed by atoms with Crippen LogP contribution in [0.5, 0.6) is 0 Å². The molecule has 3 heteroatoms. The molecule has 1 saturated heterocycles. The molecular formula is C13H29N2P. The molecule has 1 fully saturated rings. The highest BCUT2D eigenvalue weighted by atomic mass is 31.1. The van der Waals surface area contributed by atoms with Crippen molar-refractivity contribution in [2.45, 2.75) is 41.5 Å². The minimum atomic E-state index is -0.0539. The van der Waals surface area contributed by atoms with E-state index in [2.05, 4.69) is 57.5 Å². The zero-order chi connectivity index (χ0) is 12.6. The monoisotopic (exact) mass is 244 g/mol. The number of hydrogen-bond donors (Lipinski definition) is 0. The summed E-state index contributed by atoms with van der Waals surface area (Å²) in [6.45, 7) is 21.4. The lowest BCUT2D eigenvalue weighted by Gasteiger charge is -2.34. The summed E-state index contributed by atoms with van der Waals surface area (Å²) in [5, 5.41) is 0. The van der Waals surface area contributed by atoms with Gasteiger partial charge in [-0.15, -0.1) is 0 Å². The molecule has 0 amide bonds. The van der Waals surface area contributed by atoms with Gasteiger partial charge in [0.05, 0.1) is 0 Å². The van der Waals surface area contributed by atoms with Crippen LogP contribution >= 0.6 is 8.22 Å². The Bertz CT molecular complexity index is 203. The van der Waals surface area contributed by atoms with Crippen LogP contribution in [-0.4, -0.2) is 42.2 Å². The number of nitrogens with zero attached hydrogens (tertiary/aromatic N) is 2. The molecule has 0 atom stereocenters. The Morgan fingerprint density at radius 1 is 0.812 bits per heavy atom. The molecule has 1 aliphatic heterocycles. The van der Waals surface area contributed by atoms with Crippen molar-refractivity contribution in [2.75, 3.05) is 32.8 Å². The Labute approximate surface area is 103 Å². The van der Waals surface area contributed by atoms with Gasteiger partial charge in [-0.25, -0.2) is 0 Å². The standard InChI is InChI=1S/C13H29N2P/c1-12(2,3)10-14-8-9-15(16(14)7)11-13(4,5)6/h8-11H2,1-7H3. The lowest BCUT2D eigenvalue weighted by atomic mass is 9.97. The van der Waals surface area contributed by atoms with Gasteiger partial charge >= 0.3 is 0 Å². The van der Waals surface area contributed by atoms with Crippen LogP contribution in [0.1, 0.15) is 41.5 Å². The molecule has 0 saturated carbocycles. The van der Waals surface area contributed by atoms with Crippen LogP contribution in [0.25, 0.3) is 0 Å². The first-order chi connectivity index (χ1) is 7.08. The van der Waals surface area contributed by atoms with Crippen LogP contribution in [0.4, 0.5) is 0 Å². The zero-order valence-corrected chi connectivity index (χ0v) is 13.1. The molecule has 0 aliphatic carbocycles. The van der Waals surface area contributed by atoms with Gasteiger partial charge in [0, 0.05) is 34.4 Å². The molecule has 0 N–H and O–H groups in total. The van der Waals surface area contributed by atoms with Gasteiger partial charge in [-0.1, -0.05) is 41.5 Å². The fourth-order valence-electron chi connectivity index (χ4n) is 2.16. The van der Waals surface area contributed by atoms with E-state index in [1.807, 2.05) is 0 Å². The molecular weight excluding hydrogens is 215 g/mol. The van der Waals surface area contributed by atoms with Gasteiger partial charge in [0.15, 0.2) is 0 Å². The average molecular weight is 244 g/mol. The second kappa shape index (κ2) is 4.92. The Morgan fingerprint density at radius 3 is 1.38 bits per heavy atom. The topological polar surface area (TPSA) is 6.48 Å². The van der Waals surface area contributed by atoms with E-state index >= 15 is 0 Å². The van der Waals surface area contributed by atoms with Crippen molar-refractivity contribution in [2.24, 2.45) is 10.8 Å². The Kier molecular flexibility index (Phi) is 4.43. The summed E-state index contributed by atoms with van der Waals surface area (Å²) in [7, 11) is -0.0539. The van der Waals surface area contributed by atoms with Crippen molar-refractivity contribution in [3.63, 3.8) is 0 Å². The summed E-state index contributed by atoms with van der Waals surface area (Å²) < 4.78 is 5.36. The average Bonchev–Trinajstić information content (AvgIpc) is 2.30. The molecule has 2 nitrogen and oxygen atoms in total. The zero-order valence-electron chi connectivity index (χ0n) is 12.2. The third-order valence-corrected chi connectivity index (χ3v) is 5.07. The summed E-state index contributed by atoms with van der Waals surface area (Å²) in [6, 6.07) is 0. The predicted octanol–water partition coefficient (Wildman–Crippen LogP) is 3.64. The maximum Gasteiger partial charge on any atom is 0.0363 e. The van der Waals surface area contributed by atoms with Gasteiger partial charge in [0.1, 0.15) is 0 Å². The highest BCUT2D eigenvalue weighted by Gasteiger charge is 2.32. The first-order valence-corrected chi connectivity index (χ1v) is 8.01. The van der Waals surface area contributed by atoms with Crippen LogP contribution in [0.3, 0.4) is 0 Å². The molecule has 0 aromatic rings. The third kappa shape index (κ3) is 4.69. The first-order valence-electron chi connectivity index (χ1n) is 6.32. The maximum absolute atomic E-state index is 2.68. The van der Waals surface area contributed by atoms with E-state index in [1.54, 1.807) is 0 Å². The van der Waals surface area contributed by atoms with Gasteiger partial charge < -0.3 is 0 Å². The predicted molar refractivity (Wildman–Crippen MR) is 74.9 cm³/mol. The van der Waals surface area contributed by atoms with E-state index in [0.717, 1.165) is 0 Å². The molecule has 0 spiro atoms. The van der Waals surface area contributed by atoms with Crippen LogP contribution in [0, 0.1) is 10.8 Å². The highest BCUT2D eigenvalue weighted by Crippen LogP contribution is 2.47. The molecule has 1 rings (SSSR count). The quantitative estimate of drug-likeness (QED) is 0.684. The Morgan fingerprint density at radius 2 is 1.12 bits per heavy atom. The fourth-order valence-corrected chi connectivity index (χ4v) is 4.53.